The molecule has 130 valence electrons. The summed E-state index contributed by atoms with van der Waals surface area (Å²) in [6, 6.07) is 2.30. The first-order valence-corrected chi connectivity index (χ1v) is 7.11. The predicted octanol–water partition coefficient (Wildman–Crippen LogP) is 3.26. The van der Waals surface area contributed by atoms with E-state index in [1.807, 2.05) is 0 Å². The Hall–Kier alpha value is -2.38. The first-order valence-electron chi connectivity index (χ1n) is 7.11. The van der Waals surface area contributed by atoms with Crippen LogP contribution >= 0.6 is 0 Å². The molecular weight excluding hydrogens is 328 g/mol. The molecule has 2 aromatic carbocycles. The number of halogens is 4. The van der Waals surface area contributed by atoms with Crippen LogP contribution in [0.1, 0.15) is 31.9 Å². The fraction of sp³-hybridized carbons (Fsp3) is 0.375. The van der Waals surface area contributed by atoms with E-state index >= 15 is 0 Å². The SMILES string of the molecule is CC(C)(C)Nc1c(NCc2ccc(F)cc2C(F)(F)F)c(=O)c1=O. The molecule has 0 bridgehead atoms. The third-order valence-electron chi connectivity index (χ3n) is 3.24. The Balaban J connectivity index is 2.26. The van der Waals surface area contributed by atoms with Gasteiger partial charge < -0.3 is 10.6 Å². The van der Waals surface area contributed by atoms with Gasteiger partial charge in [0.15, 0.2) is 0 Å². The van der Waals surface area contributed by atoms with Gasteiger partial charge in [0.2, 0.25) is 0 Å². The van der Waals surface area contributed by atoms with Gasteiger partial charge in [-0.05, 0) is 38.5 Å². The second-order valence-electron chi connectivity index (χ2n) is 6.44. The molecule has 0 unspecified atom stereocenters. The van der Waals surface area contributed by atoms with Gasteiger partial charge in [0, 0.05) is 12.1 Å². The van der Waals surface area contributed by atoms with Crippen LogP contribution in [0.2, 0.25) is 0 Å². The summed E-state index contributed by atoms with van der Waals surface area (Å²) in [5.74, 6) is -1.00. The van der Waals surface area contributed by atoms with Crippen LogP contribution in [0.25, 0.3) is 0 Å². The summed E-state index contributed by atoms with van der Waals surface area (Å²) in [5, 5.41) is 5.39. The van der Waals surface area contributed by atoms with Gasteiger partial charge in [0.05, 0.1) is 5.56 Å². The van der Waals surface area contributed by atoms with Gasteiger partial charge in [0.25, 0.3) is 10.9 Å². The maximum Gasteiger partial charge on any atom is 0.416 e. The summed E-state index contributed by atoms with van der Waals surface area (Å²) in [7, 11) is 0. The molecule has 2 N–H and O–H groups in total. The molecule has 0 fully saturated rings. The number of anilines is 2. The van der Waals surface area contributed by atoms with Gasteiger partial charge in [-0.25, -0.2) is 4.39 Å². The minimum Gasteiger partial charge on any atom is -0.376 e. The van der Waals surface area contributed by atoms with Crippen molar-refractivity contribution in [3.63, 3.8) is 0 Å². The minimum absolute atomic E-state index is 0.0446. The maximum absolute atomic E-state index is 13.1. The molecule has 0 heterocycles. The number of hydrogen-bond donors (Lipinski definition) is 2. The average molecular weight is 344 g/mol. The van der Waals surface area contributed by atoms with Gasteiger partial charge in [-0.1, -0.05) is 6.07 Å². The van der Waals surface area contributed by atoms with Crippen molar-refractivity contribution in [3.05, 3.63) is 55.6 Å². The average Bonchev–Trinajstić information content (AvgIpc) is 2.45. The van der Waals surface area contributed by atoms with Crippen LogP contribution in [-0.4, -0.2) is 5.54 Å². The highest BCUT2D eigenvalue weighted by atomic mass is 19.4. The standard InChI is InChI=1S/C16H16F4N2O2/c1-15(2,3)22-12-11(13(23)14(12)24)21-7-8-4-5-9(17)6-10(8)16(18,19)20/h4-6,21-22H,7H2,1-3H3. The highest BCUT2D eigenvalue weighted by molar-refractivity contribution is 5.74. The fourth-order valence-corrected chi connectivity index (χ4v) is 2.20. The van der Waals surface area contributed by atoms with Crippen LogP contribution in [0.15, 0.2) is 27.8 Å². The summed E-state index contributed by atoms with van der Waals surface area (Å²) >= 11 is 0. The summed E-state index contributed by atoms with van der Waals surface area (Å²) in [6.07, 6.45) is -4.72. The van der Waals surface area contributed by atoms with Crippen molar-refractivity contribution in [1.29, 1.82) is 0 Å². The van der Waals surface area contributed by atoms with Crippen molar-refractivity contribution in [3.8, 4) is 0 Å². The first kappa shape index (κ1) is 18.0. The van der Waals surface area contributed by atoms with Crippen LogP contribution in [0.3, 0.4) is 0 Å². The molecule has 0 aliphatic heterocycles. The first-order chi connectivity index (χ1) is 10.9. The van der Waals surface area contributed by atoms with E-state index in [9.17, 15) is 27.2 Å². The highest BCUT2D eigenvalue weighted by Gasteiger charge is 2.34. The third-order valence-corrected chi connectivity index (χ3v) is 3.24. The van der Waals surface area contributed by atoms with Crippen molar-refractivity contribution in [2.45, 2.75) is 39.0 Å². The van der Waals surface area contributed by atoms with Crippen molar-refractivity contribution in [2.75, 3.05) is 10.6 Å². The van der Waals surface area contributed by atoms with E-state index in [1.54, 1.807) is 20.8 Å². The smallest absolute Gasteiger partial charge is 0.376 e. The minimum atomic E-state index is -4.72. The van der Waals surface area contributed by atoms with Crippen LogP contribution in [-0.2, 0) is 12.7 Å². The fourth-order valence-electron chi connectivity index (χ4n) is 2.20. The lowest BCUT2D eigenvalue weighted by molar-refractivity contribution is -0.138. The predicted molar refractivity (Wildman–Crippen MR) is 83.5 cm³/mol. The zero-order valence-electron chi connectivity index (χ0n) is 13.3. The molecule has 24 heavy (non-hydrogen) atoms. The van der Waals surface area contributed by atoms with Crippen LogP contribution < -0.4 is 21.5 Å². The Morgan fingerprint density at radius 2 is 1.58 bits per heavy atom. The zero-order chi connectivity index (χ0) is 18.3. The van der Waals surface area contributed by atoms with E-state index in [2.05, 4.69) is 10.6 Å². The van der Waals surface area contributed by atoms with Gasteiger partial charge >= 0.3 is 6.18 Å². The molecule has 0 aliphatic carbocycles. The van der Waals surface area contributed by atoms with Gasteiger partial charge in [0.1, 0.15) is 17.2 Å². The lowest BCUT2D eigenvalue weighted by atomic mass is 10.0. The second kappa shape index (κ2) is 5.92. The summed E-state index contributed by atoms with van der Waals surface area (Å²) < 4.78 is 51.9. The monoisotopic (exact) mass is 344 g/mol. The summed E-state index contributed by atoms with van der Waals surface area (Å²) in [6.45, 7) is 4.96. The molecule has 0 spiro atoms. The summed E-state index contributed by atoms with van der Waals surface area (Å²) in [4.78, 5) is 23.2. The normalized spacial score (nSPS) is 12.5. The molecule has 0 aliphatic rings. The molecule has 0 amide bonds. The van der Waals surface area contributed by atoms with E-state index in [0.717, 1.165) is 12.1 Å². The third kappa shape index (κ3) is 3.74. The molecular formula is C16H16F4N2O2. The molecule has 0 radical (unpaired) electrons. The highest BCUT2D eigenvalue weighted by Crippen LogP contribution is 2.33. The quantitative estimate of drug-likeness (QED) is 0.660. The Labute approximate surface area is 135 Å². The Morgan fingerprint density at radius 1 is 1.00 bits per heavy atom. The zero-order valence-corrected chi connectivity index (χ0v) is 13.3. The Morgan fingerprint density at radius 3 is 2.12 bits per heavy atom. The van der Waals surface area contributed by atoms with Gasteiger partial charge in [-0.3, -0.25) is 9.59 Å². The van der Waals surface area contributed by atoms with Crippen LogP contribution in [0, 0.1) is 5.82 Å². The lowest BCUT2D eigenvalue weighted by Gasteiger charge is -2.25. The number of rotatable bonds is 4. The largest absolute Gasteiger partial charge is 0.416 e. The number of hydrogen-bond acceptors (Lipinski definition) is 4. The number of nitrogens with one attached hydrogen (secondary N) is 2. The number of alkyl halides is 3. The van der Waals surface area contributed by atoms with Crippen LogP contribution in [0.5, 0.6) is 0 Å². The second-order valence-corrected chi connectivity index (χ2v) is 6.44. The topological polar surface area (TPSA) is 58.2 Å². The molecule has 8 heteroatoms. The van der Waals surface area contributed by atoms with Crippen molar-refractivity contribution >= 4 is 11.4 Å². The molecule has 0 saturated heterocycles. The van der Waals surface area contributed by atoms with Gasteiger partial charge in [-0.2, -0.15) is 13.2 Å². The Bertz CT molecular complexity index is 828. The van der Waals surface area contributed by atoms with Crippen molar-refractivity contribution in [2.24, 2.45) is 0 Å². The van der Waals surface area contributed by atoms with E-state index in [0.29, 0.717) is 6.07 Å². The van der Waals surface area contributed by atoms with Crippen molar-refractivity contribution < 1.29 is 17.6 Å². The van der Waals surface area contributed by atoms with E-state index in [-0.39, 0.29) is 23.5 Å². The summed E-state index contributed by atoms with van der Waals surface area (Å²) in [5.41, 5.74) is -3.38. The van der Waals surface area contributed by atoms with E-state index in [4.69, 9.17) is 0 Å². The van der Waals surface area contributed by atoms with Crippen molar-refractivity contribution in [1.82, 2.24) is 0 Å². The van der Waals surface area contributed by atoms with Crippen LogP contribution in [0.4, 0.5) is 28.9 Å². The molecule has 0 atom stereocenters. The number of benzene rings is 1. The maximum atomic E-state index is 13.1. The molecule has 0 saturated carbocycles. The van der Waals surface area contributed by atoms with Gasteiger partial charge in [-0.15, -0.1) is 0 Å². The lowest BCUT2D eigenvalue weighted by Crippen LogP contribution is -2.41. The molecule has 0 aromatic heterocycles. The molecule has 2 aromatic rings. The molecule has 4 nitrogen and oxygen atoms in total. The Kier molecular flexibility index (Phi) is 4.43. The van der Waals surface area contributed by atoms with E-state index < -0.39 is 34.0 Å². The molecule has 2 rings (SSSR count). The van der Waals surface area contributed by atoms with E-state index in [1.165, 1.54) is 0 Å².